The Labute approximate surface area is 115 Å². The molecule has 0 aliphatic rings. The molecule has 4 N–H and O–H groups in total. The van der Waals surface area contributed by atoms with Crippen molar-refractivity contribution in [1.29, 1.82) is 0 Å². The number of hydrogen-bond acceptors (Lipinski definition) is 3. The third kappa shape index (κ3) is 3.91. The number of benzene rings is 1. The highest BCUT2D eigenvalue weighted by Gasteiger charge is 2.24. The van der Waals surface area contributed by atoms with Crippen LogP contribution in [0.5, 0.6) is 0 Å². The largest absolute Gasteiger partial charge is 0.409 e. The molecule has 0 fully saturated rings. The van der Waals surface area contributed by atoms with Crippen LogP contribution in [0.3, 0.4) is 0 Å². The molecule has 1 amide bonds. The summed E-state index contributed by atoms with van der Waals surface area (Å²) in [5.41, 5.74) is 4.42. The second-order valence-corrected chi connectivity index (χ2v) is 5.02. The van der Waals surface area contributed by atoms with E-state index in [-0.39, 0.29) is 17.9 Å². The minimum atomic E-state index is -0.768. The normalized spacial score (nSPS) is 12.3. The summed E-state index contributed by atoms with van der Waals surface area (Å²) in [7, 11) is 0. The van der Waals surface area contributed by atoms with E-state index in [1.54, 1.807) is 13.8 Å². The Bertz CT molecular complexity index is 510. The lowest BCUT2D eigenvalue weighted by Gasteiger charge is -2.23. The summed E-state index contributed by atoms with van der Waals surface area (Å²) in [6, 6.07) is 3.41. The summed E-state index contributed by atoms with van der Waals surface area (Å²) < 4.78 is 26.8. The molecule has 0 heterocycles. The highest BCUT2D eigenvalue weighted by Crippen LogP contribution is 2.15. The monoisotopic (exact) mass is 285 g/mol. The maximum atomic E-state index is 13.4. The molecule has 0 bridgehead atoms. The van der Waals surface area contributed by atoms with E-state index in [0.717, 1.165) is 12.1 Å². The van der Waals surface area contributed by atoms with Crippen molar-refractivity contribution in [2.75, 3.05) is 6.54 Å². The van der Waals surface area contributed by atoms with Crippen LogP contribution in [0, 0.1) is 17.0 Å². The summed E-state index contributed by atoms with van der Waals surface area (Å²) in [5, 5.41) is 14.0. The van der Waals surface area contributed by atoms with Crippen LogP contribution in [0.1, 0.15) is 19.4 Å². The molecule has 20 heavy (non-hydrogen) atoms. The summed E-state index contributed by atoms with van der Waals surface area (Å²) in [4.78, 5) is 11.7. The molecule has 5 nitrogen and oxygen atoms in total. The predicted octanol–water partition coefficient (Wildman–Crippen LogP) is 1.40. The second-order valence-electron chi connectivity index (χ2n) is 5.02. The molecule has 110 valence electrons. The van der Waals surface area contributed by atoms with E-state index in [1.807, 2.05) is 0 Å². The van der Waals surface area contributed by atoms with Gasteiger partial charge in [0.1, 0.15) is 17.5 Å². The van der Waals surface area contributed by atoms with E-state index in [9.17, 15) is 13.6 Å². The first-order valence-corrected chi connectivity index (χ1v) is 5.95. The molecule has 1 rings (SSSR count). The molecule has 0 aromatic heterocycles. The summed E-state index contributed by atoms with van der Waals surface area (Å²) in [5.74, 6) is -2.13. The SMILES string of the molecule is CC(C)(CNC(=O)Cc1c(F)cccc1F)/C(N)=N/O. The van der Waals surface area contributed by atoms with Crippen LogP contribution in [0.25, 0.3) is 0 Å². The molecular formula is C13H17F2N3O2. The number of rotatable bonds is 5. The van der Waals surface area contributed by atoms with E-state index in [0.29, 0.717) is 0 Å². The highest BCUT2D eigenvalue weighted by molar-refractivity contribution is 5.86. The van der Waals surface area contributed by atoms with E-state index < -0.39 is 29.4 Å². The molecule has 1 aromatic carbocycles. The van der Waals surface area contributed by atoms with Gasteiger partial charge in [0.2, 0.25) is 5.91 Å². The summed E-state index contributed by atoms with van der Waals surface area (Å²) in [6.45, 7) is 3.40. The summed E-state index contributed by atoms with van der Waals surface area (Å²) >= 11 is 0. The van der Waals surface area contributed by atoms with Crippen molar-refractivity contribution in [3.05, 3.63) is 35.4 Å². The number of carbonyl (C=O) groups is 1. The molecule has 7 heteroatoms. The number of nitrogens with two attached hydrogens (primary N) is 1. The van der Waals surface area contributed by atoms with Gasteiger partial charge < -0.3 is 16.3 Å². The molecule has 0 aliphatic carbocycles. The van der Waals surface area contributed by atoms with Crippen molar-refractivity contribution in [1.82, 2.24) is 5.32 Å². The number of hydrogen-bond donors (Lipinski definition) is 3. The van der Waals surface area contributed by atoms with Crippen LogP contribution in [-0.4, -0.2) is 23.5 Å². The predicted molar refractivity (Wildman–Crippen MR) is 70.3 cm³/mol. The summed E-state index contributed by atoms with van der Waals surface area (Å²) in [6.07, 6.45) is -0.412. The lowest BCUT2D eigenvalue weighted by molar-refractivity contribution is -0.120. The fraction of sp³-hybridized carbons (Fsp3) is 0.385. The zero-order valence-electron chi connectivity index (χ0n) is 11.3. The van der Waals surface area contributed by atoms with E-state index in [2.05, 4.69) is 10.5 Å². The van der Waals surface area contributed by atoms with Crippen LogP contribution >= 0.6 is 0 Å². The van der Waals surface area contributed by atoms with Crippen molar-refractivity contribution >= 4 is 11.7 Å². The van der Waals surface area contributed by atoms with Gasteiger partial charge >= 0.3 is 0 Å². The maximum absolute atomic E-state index is 13.4. The number of nitrogens with zero attached hydrogens (tertiary/aromatic N) is 1. The van der Waals surface area contributed by atoms with E-state index in [1.165, 1.54) is 6.07 Å². The molecule has 0 aliphatic heterocycles. The number of carbonyl (C=O) groups excluding carboxylic acids is 1. The van der Waals surface area contributed by atoms with Gasteiger partial charge in [0.15, 0.2) is 0 Å². The van der Waals surface area contributed by atoms with Gasteiger partial charge in [-0.3, -0.25) is 4.79 Å². The smallest absolute Gasteiger partial charge is 0.224 e. The number of nitrogens with one attached hydrogen (secondary N) is 1. The second kappa shape index (κ2) is 6.31. The molecule has 1 aromatic rings. The third-order valence-corrected chi connectivity index (χ3v) is 2.93. The van der Waals surface area contributed by atoms with Crippen LogP contribution in [0.4, 0.5) is 8.78 Å². The molecule has 0 saturated heterocycles. The van der Waals surface area contributed by atoms with Crippen molar-refractivity contribution < 1.29 is 18.8 Å². The van der Waals surface area contributed by atoms with Crippen molar-refractivity contribution in [2.45, 2.75) is 20.3 Å². The molecule has 0 unspecified atom stereocenters. The zero-order chi connectivity index (χ0) is 15.3. The van der Waals surface area contributed by atoms with E-state index in [4.69, 9.17) is 10.9 Å². The van der Waals surface area contributed by atoms with Gasteiger partial charge in [-0.05, 0) is 12.1 Å². The lowest BCUT2D eigenvalue weighted by atomic mass is 9.92. The molecule has 0 saturated carbocycles. The topological polar surface area (TPSA) is 87.7 Å². The van der Waals surface area contributed by atoms with Crippen molar-refractivity contribution in [3.63, 3.8) is 0 Å². The highest BCUT2D eigenvalue weighted by atomic mass is 19.1. The first-order chi connectivity index (χ1) is 9.27. The number of amides is 1. The quantitative estimate of drug-likeness (QED) is 0.331. The minimum Gasteiger partial charge on any atom is -0.409 e. The zero-order valence-corrected chi connectivity index (χ0v) is 11.3. The van der Waals surface area contributed by atoms with Crippen LogP contribution in [0.2, 0.25) is 0 Å². The first kappa shape index (κ1) is 15.9. The Hall–Kier alpha value is -2.18. The van der Waals surface area contributed by atoms with Gasteiger partial charge in [0, 0.05) is 17.5 Å². The standard InChI is InChI=1S/C13H17F2N3O2/c1-13(2,12(16)18-20)7-17-11(19)6-8-9(14)4-3-5-10(8)15/h3-5,20H,6-7H2,1-2H3,(H2,16,18)(H,17,19). The number of halogens is 2. The molecular weight excluding hydrogens is 268 g/mol. The maximum Gasteiger partial charge on any atom is 0.224 e. The van der Waals surface area contributed by atoms with Gasteiger partial charge in [0.05, 0.1) is 6.42 Å². The molecule has 0 spiro atoms. The Morgan fingerprint density at radius 2 is 1.95 bits per heavy atom. The Morgan fingerprint density at radius 3 is 2.45 bits per heavy atom. The Morgan fingerprint density at radius 1 is 1.40 bits per heavy atom. The fourth-order valence-electron chi connectivity index (χ4n) is 1.47. The van der Waals surface area contributed by atoms with Crippen LogP contribution in [-0.2, 0) is 11.2 Å². The van der Waals surface area contributed by atoms with Gasteiger partial charge in [0.25, 0.3) is 0 Å². The van der Waals surface area contributed by atoms with Crippen molar-refractivity contribution in [2.24, 2.45) is 16.3 Å². The fourth-order valence-corrected chi connectivity index (χ4v) is 1.47. The van der Waals surface area contributed by atoms with E-state index >= 15 is 0 Å². The first-order valence-electron chi connectivity index (χ1n) is 5.95. The number of oxime groups is 1. The average Bonchev–Trinajstić information content (AvgIpc) is 2.40. The molecule has 0 atom stereocenters. The van der Waals surface area contributed by atoms with Crippen LogP contribution in [0.15, 0.2) is 23.4 Å². The van der Waals surface area contributed by atoms with Gasteiger partial charge in [-0.25, -0.2) is 8.78 Å². The van der Waals surface area contributed by atoms with Crippen LogP contribution < -0.4 is 11.1 Å². The minimum absolute atomic E-state index is 0.0464. The third-order valence-electron chi connectivity index (χ3n) is 2.93. The Kier molecular flexibility index (Phi) is 5.01. The average molecular weight is 285 g/mol. The molecule has 0 radical (unpaired) electrons. The van der Waals surface area contributed by atoms with Gasteiger partial charge in [-0.2, -0.15) is 0 Å². The van der Waals surface area contributed by atoms with Crippen molar-refractivity contribution in [3.8, 4) is 0 Å². The van der Waals surface area contributed by atoms with Gasteiger partial charge in [-0.1, -0.05) is 25.1 Å². The lowest BCUT2D eigenvalue weighted by Crippen LogP contribution is -2.43. The Balaban J connectivity index is 2.66. The number of amidine groups is 1. The van der Waals surface area contributed by atoms with Gasteiger partial charge in [-0.15, -0.1) is 0 Å².